The maximum Gasteiger partial charge on any atom is 0.339 e. The fraction of sp³-hybridized carbons (Fsp3) is 0.370. The molecule has 0 bridgehead atoms. The van der Waals surface area contributed by atoms with Crippen molar-refractivity contribution < 1.29 is 23.8 Å². The third kappa shape index (κ3) is 4.98. The lowest BCUT2D eigenvalue weighted by atomic mass is 9.92. The van der Waals surface area contributed by atoms with E-state index in [0.717, 1.165) is 12.0 Å². The number of piperidine rings is 1. The van der Waals surface area contributed by atoms with Gasteiger partial charge in [0, 0.05) is 24.0 Å². The van der Waals surface area contributed by atoms with E-state index < -0.39 is 5.97 Å². The van der Waals surface area contributed by atoms with Crippen molar-refractivity contribution in [2.75, 3.05) is 33.9 Å². The van der Waals surface area contributed by atoms with Crippen molar-refractivity contribution >= 4 is 22.8 Å². The summed E-state index contributed by atoms with van der Waals surface area (Å²) >= 11 is 0. The summed E-state index contributed by atoms with van der Waals surface area (Å²) in [5.41, 5.74) is 2.39. The third-order valence-corrected chi connectivity index (χ3v) is 6.16. The second-order valence-electron chi connectivity index (χ2n) is 8.96. The summed E-state index contributed by atoms with van der Waals surface area (Å²) in [5, 5.41) is 0.671. The van der Waals surface area contributed by atoms with E-state index in [2.05, 4.69) is 13.8 Å². The Hall–Kier alpha value is -3.61. The number of carbonyl (C=O) groups is 2. The molecule has 7 heteroatoms. The SMILES string of the molecule is COc1ccc(-c2cc(C(=O)OCC(=O)N3C[C@H](C)C[C@@H](C)C3)c3ccccc3n2)cc1OC. The summed E-state index contributed by atoms with van der Waals surface area (Å²) in [6.45, 7) is 5.40. The number of rotatable bonds is 6. The molecule has 2 heterocycles. The molecular weight excluding hydrogens is 432 g/mol. The average Bonchev–Trinajstić information content (AvgIpc) is 2.85. The Bertz CT molecular complexity index is 1200. The minimum absolute atomic E-state index is 0.162. The number of pyridine rings is 1. The van der Waals surface area contributed by atoms with Crippen molar-refractivity contribution in [1.29, 1.82) is 0 Å². The van der Waals surface area contributed by atoms with Gasteiger partial charge in [-0.3, -0.25) is 4.79 Å². The first-order chi connectivity index (χ1) is 16.4. The second-order valence-corrected chi connectivity index (χ2v) is 8.96. The number of fused-ring (bicyclic) bond motifs is 1. The lowest BCUT2D eigenvalue weighted by Gasteiger charge is -2.34. The largest absolute Gasteiger partial charge is 0.493 e. The van der Waals surface area contributed by atoms with E-state index in [-0.39, 0.29) is 12.5 Å². The number of hydrogen-bond acceptors (Lipinski definition) is 6. The quantitative estimate of drug-likeness (QED) is 0.499. The van der Waals surface area contributed by atoms with Crippen molar-refractivity contribution in [1.82, 2.24) is 9.88 Å². The number of hydrogen-bond donors (Lipinski definition) is 0. The molecule has 0 N–H and O–H groups in total. The highest BCUT2D eigenvalue weighted by molar-refractivity contribution is 6.05. The molecule has 1 fully saturated rings. The Balaban J connectivity index is 1.60. The molecule has 0 spiro atoms. The standard InChI is InChI=1S/C27H30N2O5/c1-17-11-18(2)15-29(14-17)26(30)16-34-27(31)21-13-23(28-22-8-6-5-7-20(21)22)19-9-10-24(32-3)25(12-19)33-4/h5-10,12-13,17-18H,11,14-16H2,1-4H3/t17-,18-/m1/s1. The predicted octanol–water partition coefficient (Wildman–Crippen LogP) is 4.58. The molecule has 1 amide bonds. The molecule has 34 heavy (non-hydrogen) atoms. The molecule has 3 aromatic rings. The van der Waals surface area contributed by atoms with Gasteiger partial charge in [0.15, 0.2) is 18.1 Å². The first kappa shape index (κ1) is 23.5. The molecule has 0 unspecified atom stereocenters. The summed E-state index contributed by atoms with van der Waals surface area (Å²) < 4.78 is 16.2. The van der Waals surface area contributed by atoms with E-state index in [1.807, 2.05) is 36.4 Å². The van der Waals surface area contributed by atoms with Gasteiger partial charge in [-0.2, -0.15) is 0 Å². The number of nitrogens with zero attached hydrogens (tertiary/aromatic N) is 2. The Morgan fingerprint density at radius 3 is 2.38 bits per heavy atom. The van der Waals surface area contributed by atoms with Crippen LogP contribution in [0.25, 0.3) is 22.2 Å². The number of aromatic nitrogens is 1. The molecule has 178 valence electrons. The number of ether oxygens (including phenoxy) is 3. The van der Waals surface area contributed by atoms with Crippen LogP contribution >= 0.6 is 0 Å². The molecule has 0 radical (unpaired) electrons. The number of esters is 1. The molecule has 0 saturated carbocycles. The van der Waals surface area contributed by atoms with Crippen LogP contribution in [0.2, 0.25) is 0 Å². The van der Waals surface area contributed by atoms with Crippen molar-refractivity contribution in [3.05, 3.63) is 54.1 Å². The van der Waals surface area contributed by atoms with Gasteiger partial charge in [-0.25, -0.2) is 9.78 Å². The van der Waals surface area contributed by atoms with Crippen molar-refractivity contribution in [2.45, 2.75) is 20.3 Å². The van der Waals surface area contributed by atoms with Gasteiger partial charge < -0.3 is 19.1 Å². The molecule has 1 aromatic heterocycles. The highest BCUT2D eigenvalue weighted by Gasteiger charge is 2.26. The van der Waals surface area contributed by atoms with Crippen molar-refractivity contribution in [3.8, 4) is 22.8 Å². The third-order valence-electron chi connectivity index (χ3n) is 6.16. The molecule has 2 atom stereocenters. The molecule has 1 saturated heterocycles. The first-order valence-corrected chi connectivity index (χ1v) is 11.5. The highest BCUT2D eigenvalue weighted by atomic mass is 16.5. The number of para-hydroxylation sites is 1. The number of amides is 1. The normalized spacial score (nSPS) is 17.9. The van der Waals surface area contributed by atoms with Gasteiger partial charge in [-0.05, 0) is 48.6 Å². The van der Waals surface area contributed by atoms with E-state index in [9.17, 15) is 9.59 Å². The maximum atomic E-state index is 13.1. The first-order valence-electron chi connectivity index (χ1n) is 11.5. The zero-order chi connectivity index (χ0) is 24.2. The fourth-order valence-corrected chi connectivity index (χ4v) is 4.65. The van der Waals surface area contributed by atoms with Crippen LogP contribution in [0, 0.1) is 11.8 Å². The van der Waals surface area contributed by atoms with Crippen LogP contribution in [0.1, 0.15) is 30.6 Å². The van der Waals surface area contributed by atoms with Gasteiger partial charge in [-0.1, -0.05) is 32.0 Å². The maximum absolute atomic E-state index is 13.1. The zero-order valence-electron chi connectivity index (χ0n) is 20.0. The number of carbonyl (C=O) groups excluding carboxylic acids is 2. The summed E-state index contributed by atoms with van der Waals surface area (Å²) in [7, 11) is 3.14. The minimum Gasteiger partial charge on any atom is -0.493 e. The molecule has 1 aliphatic heterocycles. The van der Waals surface area contributed by atoms with E-state index in [0.29, 0.717) is 58.6 Å². The molecule has 1 aliphatic rings. The van der Waals surface area contributed by atoms with Gasteiger partial charge in [-0.15, -0.1) is 0 Å². The lowest BCUT2D eigenvalue weighted by Crippen LogP contribution is -2.44. The zero-order valence-corrected chi connectivity index (χ0v) is 20.0. The van der Waals surface area contributed by atoms with Crippen molar-refractivity contribution in [2.24, 2.45) is 11.8 Å². The Kier molecular flexibility index (Phi) is 7.01. The lowest BCUT2D eigenvalue weighted by molar-refractivity contribution is -0.137. The van der Waals surface area contributed by atoms with E-state index >= 15 is 0 Å². The monoisotopic (exact) mass is 462 g/mol. The summed E-state index contributed by atoms with van der Waals surface area (Å²) in [6.07, 6.45) is 1.10. The summed E-state index contributed by atoms with van der Waals surface area (Å²) in [5.74, 6) is 1.34. The Morgan fingerprint density at radius 1 is 0.971 bits per heavy atom. The van der Waals surface area contributed by atoms with Crippen molar-refractivity contribution in [3.63, 3.8) is 0 Å². The second kappa shape index (κ2) is 10.1. The van der Waals surface area contributed by atoms with Gasteiger partial charge in [0.25, 0.3) is 5.91 Å². The Labute approximate surface area is 199 Å². The Morgan fingerprint density at radius 2 is 1.68 bits per heavy atom. The number of benzene rings is 2. The van der Waals surface area contributed by atoms with Gasteiger partial charge in [0.2, 0.25) is 0 Å². The molecule has 0 aliphatic carbocycles. The van der Waals surface area contributed by atoms with E-state index in [1.54, 1.807) is 31.3 Å². The van der Waals surface area contributed by atoms with Crippen LogP contribution in [0.15, 0.2) is 48.5 Å². The van der Waals surface area contributed by atoms with Crippen LogP contribution in [0.3, 0.4) is 0 Å². The molecular formula is C27H30N2O5. The fourth-order valence-electron chi connectivity index (χ4n) is 4.65. The smallest absolute Gasteiger partial charge is 0.339 e. The highest BCUT2D eigenvalue weighted by Crippen LogP contribution is 2.33. The van der Waals surface area contributed by atoms with Crippen LogP contribution < -0.4 is 9.47 Å². The molecule has 7 nitrogen and oxygen atoms in total. The molecule has 2 aromatic carbocycles. The molecule has 4 rings (SSSR count). The van der Waals surface area contributed by atoms with Crippen LogP contribution in [0.5, 0.6) is 11.5 Å². The van der Waals surface area contributed by atoms with Gasteiger partial charge >= 0.3 is 5.97 Å². The average molecular weight is 463 g/mol. The topological polar surface area (TPSA) is 78.0 Å². The van der Waals surface area contributed by atoms with E-state index in [1.165, 1.54) is 0 Å². The predicted molar refractivity (Wildman–Crippen MR) is 130 cm³/mol. The summed E-state index contributed by atoms with van der Waals surface area (Å²) in [6, 6.07) is 14.5. The number of likely N-dealkylation sites (tertiary alicyclic amines) is 1. The minimum atomic E-state index is -0.549. The number of methoxy groups -OCH3 is 2. The van der Waals surface area contributed by atoms with Gasteiger partial charge in [0.05, 0.1) is 31.0 Å². The van der Waals surface area contributed by atoms with Crippen LogP contribution in [0.4, 0.5) is 0 Å². The summed E-state index contributed by atoms with van der Waals surface area (Å²) in [4.78, 5) is 32.4. The van der Waals surface area contributed by atoms with Gasteiger partial charge in [0.1, 0.15) is 0 Å². The van der Waals surface area contributed by atoms with Crippen LogP contribution in [-0.2, 0) is 9.53 Å². The van der Waals surface area contributed by atoms with E-state index in [4.69, 9.17) is 19.2 Å². The van der Waals surface area contributed by atoms with Crippen LogP contribution in [-0.4, -0.2) is 55.7 Å².